The predicted molar refractivity (Wildman–Crippen MR) is 88.9 cm³/mol. The minimum atomic E-state index is -0.207. The Kier molecular flexibility index (Phi) is 5.05. The highest BCUT2D eigenvalue weighted by Gasteiger charge is 2.18. The van der Waals surface area contributed by atoms with Crippen molar-refractivity contribution in [3.05, 3.63) is 35.4 Å². The van der Waals surface area contributed by atoms with Crippen molar-refractivity contribution < 1.29 is 9.59 Å². The number of amides is 2. The predicted octanol–water partition coefficient (Wildman–Crippen LogP) is 2.62. The molecule has 122 valence electrons. The Morgan fingerprint density at radius 2 is 1.87 bits per heavy atom. The molecule has 0 unspecified atom stereocenters. The topological polar surface area (TPSA) is 70.6 Å². The summed E-state index contributed by atoms with van der Waals surface area (Å²) in [5.74, 6) is 0.355. The molecule has 1 aliphatic carbocycles. The van der Waals surface area contributed by atoms with Gasteiger partial charge in [0.2, 0.25) is 5.91 Å². The number of benzene rings is 1. The van der Waals surface area contributed by atoms with Crippen molar-refractivity contribution in [3.63, 3.8) is 0 Å². The van der Waals surface area contributed by atoms with Crippen LogP contribution in [0.5, 0.6) is 0 Å². The first-order chi connectivity index (χ1) is 11.2. The van der Waals surface area contributed by atoms with E-state index in [4.69, 9.17) is 0 Å². The van der Waals surface area contributed by atoms with Crippen molar-refractivity contribution in [2.45, 2.75) is 57.4 Å². The van der Waals surface area contributed by atoms with Gasteiger partial charge in [0.15, 0.2) is 0 Å². The maximum Gasteiger partial charge on any atom is 0.267 e. The summed E-state index contributed by atoms with van der Waals surface area (Å²) in [6, 6.07) is 8.56. The van der Waals surface area contributed by atoms with Crippen LogP contribution in [0.1, 0.15) is 62.0 Å². The van der Waals surface area contributed by atoms with E-state index in [0.29, 0.717) is 31.0 Å². The zero-order chi connectivity index (χ0) is 16.1. The van der Waals surface area contributed by atoms with Crippen molar-refractivity contribution in [2.24, 2.45) is 5.10 Å². The van der Waals surface area contributed by atoms with E-state index in [-0.39, 0.29) is 11.8 Å². The van der Waals surface area contributed by atoms with E-state index >= 15 is 0 Å². The molecular formula is C18H23N3O2. The summed E-state index contributed by atoms with van der Waals surface area (Å²) in [6.45, 7) is 0.483. The second-order valence-electron chi connectivity index (χ2n) is 6.35. The Bertz CT molecular complexity index is 601. The van der Waals surface area contributed by atoms with Crippen LogP contribution in [0, 0.1) is 0 Å². The number of hydrogen-bond donors (Lipinski definition) is 2. The molecule has 0 atom stereocenters. The summed E-state index contributed by atoms with van der Waals surface area (Å²) in [5, 5.41) is 6.66. The fourth-order valence-corrected chi connectivity index (χ4v) is 3.27. The van der Waals surface area contributed by atoms with Gasteiger partial charge in [-0.05, 0) is 29.9 Å². The van der Waals surface area contributed by atoms with Crippen LogP contribution >= 0.6 is 0 Å². The highest BCUT2D eigenvalue weighted by Crippen LogP contribution is 2.32. The molecule has 0 spiro atoms. The minimum Gasteiger partial charge on any atom is -0.347 e. The Morgan fingerprint density at radius 3 is 2.52 bits per heavy atom. The van der Waals surface area contributed by atoms with Gasteiger partial charge in [-0.25, -0.2) is 5.43 Å². The molecule has 0 bridgehead atoms. The van der Waals surface area contributed by atoms with E-state index in [1.54, 1.807) is 0 Å². The molecule has 1 fully saturated rings. The van der Waals surface area contributed by atoms with Crippen LogP contribution in [0.15, 0.2) is 29.4 Å². The monoisotopic (exact) mass is 313 g/mol. The van der Waals surface area contributed by atoms with Crippen molar-refractivity contribution in [1.82, 2.24) is 10.7 Å². The van der Waals surface area contributed by atoms with E-state index in [0.717, 1.165) is 5.56 Å². The van der Waals surface area contributed by atoms with Crippen molar-refractivity contribution in [1.29, 1.82) is 0 Å². The van der Waals surface area contributed by atoms with Gasteiger partial charge >= 0.3 is 0 Å². The van der Waals surface area contributed by atoms with Gasteiger partial charge in [-0.3, -0.25) is 9.59 Å². The molecule has 23 heavy (non-hydrogen) atoms. The average molecular weight is 313 g/mol. The summed E-state index contributed by atoms with van der Waals surface area (Å²) >= 11 is 0. The molecule has 5 nitrogen and oxygen atoms in total. The quantitative estimate of drug-likeness (QED) is 0.897. The first kappa shape index (κ1) is 15.7. The fraction of sp³-hybridized carbons (Fsp3) is 0.500. The van der Waals surface area contributed by atoms with Crippen molar-refractivity contribution >= 4 is 17.5 Å². The van der Waals surface area contributed by atoms with Gasteiger partial charge in [0.25, 0.3) is 5.91 Å². The van der Waals surface area contributed by atoms with Gasteiger partial charge in [-0.1, -0.05) is 43.5 Å². The van der Waals surface area contributed by atoms with Gasteiger partial charge in [0.1, 0.15) is 5.71 Å². The third kappa shape index (κ3) is 4.18. The number of carbonyl (C=O) groups is 2. The Balaban J connectivity index is 1.52. The number of hydrogen-bond acceptors (Lipinski definition) is 3. The van der Waals surface area contributed by atoms with Gasteiger partial charge in [-0.15, -0.1) is 0 Å². The zero-order valence-corrected chi connectivity index (χ0v) is 13.3. The summed E-state index contributed by atoms with van der Waals surface area (Å²) in [5.41, 5.74) is 5.23. The summed E-state index contributed by atoms with van der Waals surface area (Å²) in [6.07, 6.45) is 7.34. The van der Waals surface area contributed by atoms with Crippen LogP contribution < -0.4 is 10.7 Å². The zero-order valence-electron chi connectivity index (χ0n) is 13.3. The van der Waals surface area contributed by atoms with Gasteiger partial charge in [-0.2, -0.15) is 5.10 Å². The molecule has 2 aliphatic rings. The lowest BCUT2D eigenvalue weighted by Gasteiger charge is -2.22. The molecule has 5 heteroatoms. The van der Waals surface area contributed by atoms with Gasteiger partial charge in [0, 0.05) is 19.4 Å². The van der Waals surface area contributed by atoms with Crippen LogP contribution in [0.2, 0.25) is 0 Å². The van der Waals surface area contributed by atoms with Crippen LogP contribution in [0.25, 0.3) is 0 Å². The normalized spacial score (nSPS) is 19.0. The molecule has 1 aliphatic heterocycles. The molecular weight excluding hydrogens is 290 g/mol. The lowest BCUT2D eigenvalue weighted by Crippen LogP contribution is -2.36. The van der Waals surface area contributed by atoms with Crippen LogP contribution in [-0.2, 0) is 16.1 Å². The molecule has 3 rings (SSSR count). The lowest BCUT2D eigenvalue weighted by molar-refractivity contribution is -0.121. The molecule has 1 saturated carbocycles. The van der Waals surface area contributed by atoms with E-state index in [1.165, 1.54) is 37.7 Å². The highest BCUT2D eigenvalue weighted by atomic mass is 16.2. The van der Waals surface area contributed by atoms with E-state index < -0.39 is 0 Å². The van der Waals surface area contributed by atoms with Gasteiger partial charge in [0.05, 0.1) is 0 Å². The number of nitrogens with one attached hydrogen (secondary N) is 2. The minimum absolute atomic E-state index is 0.139. The van der Waals surface area contributed by atoms with Crippen molar-refractivity contribution in [3.8, 4) is 0 Å². The first-order valence-corrected chi connectivity index (χ1v) is 8.45. The standard InChI is InChI=1S/C18H23N3O2/c22-17-11-10-16(20-21-17)18(23)19-12-13-6-8-15(9-7-13)14-4-2-1-3-5-14/h6-9,14H,1-5,10-12H2,(H,19,23)(H,21,22). The molecule has 0 saturated heterocycles. The Hall–Kier alpha value is -2.17. The third-order valence-electron chi connectivity index (χ3n) is 4.68. The maximum absolute atomic E-state index is 12.0. The SMILES string of the molecule is O=C1CCC(C(=O)NCc2ccc(C3CCCCC3)cc2)=NN1. The summed E-state index contributed by atoms with van der Waals surface area (Å²) < 4.78 is 0. The first-order valence-electron chi connectivity index (χ1n) is 8.45. The second-order valence-corrected chi connectivity index (χ2v) is 6.35. The average Bonchev–Trinajstić information content (AvgIpc) is 2.61. The number of nitrogens with zero attached hydrogens (tertiary/aromatic N) is 1. The van der Waals surface area contributed by atoms with E-state index in [9.17, 15) is 9.59 Å². The van der Waals surface area contributed by atoms with Crippen LogP contribution in [0.3, 0.4) is 0 Å². The number of rotatable bonds is 4. The van der Waals surface area contributed by atoms with Crippen LogP contribution in [-0.4, -0.2) is 17.5 Å². The molecule has 1 aromatic carbocycles. The van der Waals surface area contributed by atoms with Crippen LogP contribution in [0.4, 0.5) is 0 Å². The van der Waals surface area contributed by atoms with Crippen molar-refractivity contribution in [2.75, 3.05) is 0 Å². The molecule has 1 aromatic rings. The molecule has 2 amide bonds. The third-order valence-corrected chi connectivity index (χ3v) is 4.68. The maximum atomic E-state index is 12.0. The fourth-order valence-electron chi connectivity index (χ4n) is 3.27. The Morgan fingerprint density at radius 1 is 1.13 bits per heavy atom. The summed E-state index contributed by atoms with van der Waals surface area (Å²) in [7, 11) is 0. The molecule has 0 radical (unpaired) electrons. The number of carbonyl (C=O) groups excluding carboxylic acids is 2. The smallest absolute Gasteiger partial charge is 0.267 e. The molecule has 0 aromatic heterocycles. The number of hydrazone groups is 1. The largest absolute Gasteiger partial charge is 0.347 e. The highest BCUT2D eigenvalue weighted by molar-refractivity contribution is 6.39. The van der Waals surface area contributed by atoms with E-state index in [1.807, 2.05) is 0 Å². The summed E-state index contributed by atoms with van der Waals surface area (Å²) in [4.78, 5) is 23.0. The van der Waals surface area contributed by atoms with Gasteiger partial charge < -0.3 is 5.32 Å². The molecule has 1 heterocycles. The van der Waals surface area contributed by atoms with E-state index in [2.05, 4.69) is 40.1 Å². The second kappa shape index (κ2) is 7.40. The lowest BCUT2D eigenvalue weighted by atomic mass is 9.84. The molecule has 2 N–H and O–H groups in total. The Labute approximate surface area is 136 Å².